The maximum Gasteiger partial charge on any atom is 0.201 e. The molecular formula is C19H32O4. The van der Waals surface area contributed by atoms with Gasteiger partial charge in [0.15, 0.2) is 11.9 Å². The fourth-order valence-electron chi connectivity index (χ4n) is 5.71. The molecule has 1 spiro atoms. The minimum atomic E-state index is -0.645. The van der Waals surface area contributed by atoms with Gasteiger partial charge in [-0.3, -0.25) is 0 Å². The number of ether oxygens (including phenoxy) is 2. The van der Waals surface area contributed by atoms with Gasteiger partial charge in [0.1, 0.15) is 0 Å². The second-order valence-electron chi connectivity index (χ2n) is 8.59. The largest absolute Gasteiger partial charge is 0.346 e. The molecule has 0 aromatic carbocycles. The van der Waals surface area contributed by atoms with Crippen LogP contribution in [0.3, 0.4) is 0 Å². The van der Waals surface area contributed by atoms with Crippen molar-refractivity contribution in [2.75, 3.05) is 0 Å². The van der Waals surface area contributed by atoms with Gasteiger partial charge in [-0.05, 0) is 50.4 Å². The maximum atomic E-state index is 6.53. The van der Waals surface area contributed by atoms with Gasteiger partial charge in [0, 0.05) is 12.3 Å². The predicted octanol–water partition coefficient (Wildman–Crippen LogP) is 4.43. The molecule has 0 unspecified atom stereocenters. The molecule has 4 heteroatoms. The van der Waals surface area contributed by atoms with E-state index in [0.717, 1.165) is 19.3 Å². The van der Waals surface area contributed by atoms with Gasteiger partial charge in [0.2, 0.25) is 5.79 Å². The van der Waals surface area contributed by atoms with Crippen molar-refractivity contribution in [1.82, 2.24) is 0 Å². The van der Waals surface area contributed by atoms with Crippen molar-refractivity contribution < 1.29 is 19.2 Å². The zero-order valence-electron chi connectivity index (χ0n) is 15.0. The van der Waals surface area contributed by atoms with Gasteiger partial charge in [0.25, 0.3) is 0 Å². The molecule has 0 amide bonds. The summed E-state index contributed by atoms with van der Waals surface area (Å²) in [7, 11) is 0. The first-order valence-electron chi connectivity index (χ1n) is 9.70. The van der Waals surface area contributed by atoms with E-state index in [0.29, 0.717) is 23.7 Å². The first kappa shape index (κ1) is 16.3. The highest BCUT2D eigenvalue weighted by molar-refractivity contribution is 5.09. The van der Waals surface area contributed by atoms with Crippen molar-refractivity contribution in [3.63, 3.8) is 0 Å². The highest BCUT2D eigenvalue weighted by atomic mass is 17.3. The summed E-state index contributed by atoms with van der Waals surface area (Å²) in [5.74, 6) is 1.46. The molecular weight excluding hydrogens is 292 g/mol. The average Bonchev–Trinajstić information content (AvgIpc) is 2.76. The maximum absolute atomic E-state index is 6.53. The Morgan fingerprint density at radius 3 is 2.65 bits per heavy atom. The Kier molecular flexibility index (Phi) is 4.03. The van der Waals surface area contributed by atoms with Crippen LogP contribution in [0.25, 0.3) is 0 Å². The van der Waals surface area contributed by atoms with E-state index in [1.807, 2.05) is 6.92 Å². The third-order valence-electron chi connectivity index (χ3n) is 7.14. The van der Waals surface area contributed by atoms with Crippen LogP contribution in [0.15, 0.2) is 0 Å². The van der Waals surface area contributed by atoms with Crippen molar-refractivity contribution in [1.29, 1.82) is 0 Å². The number of hydrogen-bond acceptors (Lipinski definition) is 4. The van der Waals surface area contributed by atoms with Crippen LogP contribution in [0.5, 0.6) is 0 Å². The van der Waals surface area contributed by atoms with Crippen LogP contribution in [0.2, 0.25) is 0 Å². The molecule has 2 bridgehead atoms. The summed E-state index contributed by atoms with van der Waals surface area (Å²) < 4.78 is 12.9. The van der Waals surface area contributed by atoms with Crippen LogP contribution in [0.4, 0.5) is 0 Å². The molecule has 0 aromatic rings. The van der Waals surface area contributed by atoms with E-state index in [2.05, 4.69) is 20.8 Å². The lowest BCUT2D eigenvalue weighted by atomic mass is 9.57. The third-order valence-corrected chi connectivity index (χ3v) is 7.14. The lowest BCUT2D eigenvalue weighted by Gasteiger charge is -2.60. The summed E-state index contributed by atoms with van der Waals surface area (Å²) in [6, 6.07) is 0. The predicted molar refractivity (Wildman–Crippen MR) is 86.4 cm³/mol. The molecule has 5 aliphatic rings. The van der Waals surface area contributed by atoms with Crippen molar-refractivity contribution in [2.24, 2.45) is 23.7 Å². The molecule has 8 atom stereocenters. The molecule has 5 rings (SSSR count). The summed E-state index contributed by atoms with van der Waals surface area (Å²) in [5, 5.41) is 0. The van der Waals surface area contributed by atoms with Gasteiger partial charge >= 0.3 is 0 Å². The van der Waals surface area contributed by atoms with E-state index in [1.165, 1.54) is 25.7 Å². The Balaban J connectivity index is 1.70. The number of rotatable bonds is 3. The molecule has 4 saturated heterocycles. The molecule has 1 saturated carbocycles. The molecule has 0 N–H and O–H groups in total. The molecule has 5 fully saturated rings. The van der Waals surface area contributed by atoms with Crippen LogP contribution in [0, 0.1) is 23.7 Å². The van der Waals surface area contributed by atoms with Crippen molar-refractivity contribution in [3.05, 3.63) is 0 Å². The Hall–Kier alpha value is -0.160. The Labute approximate surface area is 140 Å². The monoisotopic (exact) mass is 324 g/mol. The molecule has 23 heavy (non-hydrogen) atoms. The van der Waals surface area contributed by atoms with Crippen molar-refractivity contribution in [2.45, 2.75) is 96.4 Å². The minimum Gasteiger partial charge on any atom is -0.346 e. The number of fused-ring (bicyclic) bond motifs is 2. The lowest BCUT2D eigenvalue weighted by Crippen LogP contribution is -2.70. The SMILES string of the molecule is CCCC[C@H]1O[C@@H]2O[C@@]3(C)CC[C@H]4[C@@H](C)CC[C@@H]([C@H]1C)[C@@]24OO3. The summed E-state index contributed by atoms with van der Waals surface area (Å²) in [6.45, 7) is 8.96. The lowest BCUT2D eigenvalue weighted by molar-refractivity contribution is -0.571. The minimum absolute atomic E-state index is 0.264. The second kappa shape index (κ2) is 5.69. The van der Waals surface area contributed by atoms with Gasteiger partial charge in [0.05, 0.1) is 6.10 Å². The molecule has 1 aliphatic carbocycles. The van der Waals surface area contributed by atoms with Gasteiger partial charge in [-0.2, -0.15) is 0 Å². The van der Waals surface area contributed by atoms with Crippen LogP contribution in [-0.4, -0.2) is 23.8 Å². The number of hydrogen-bond donors (Lipinski definition) is 0. The van der Waals surface area contributed by atoms with Gasteiger partial charge < -0.3 is 9.47 Å². The van der Waals surface area contributed by atoms with Crippen LogP contribution < -0.4 is 0 Å². The van der Waals surface area contributed by atoms with E-state index < -0.39 is 11.4 Å². The summed E-state index contributed by atoms with van der Waals surface area (Å²) in [5.41, 5.74) is -0.393. The standard InChI is InChI=1S/C19H32O4/c1-5-6-7-16-13(3)15-9-8-12(2)14-10-11-18(4)21-17(20-16)19(14,15)23-22-18/h12-17H,5-11H2,1-4H3/t12-,13+,14-,15-,16+,17+,18+,19+/m0/s1. The molecule has 4 nitrogen and oxygen atoms in total. The quantitative estimate of drug-likeness (QED) is 0.720. The Bertz CT molecular complexity index is 455. The van der Waals surface area contributed by atoms with Gasteiger partial charge in [-0.15, -0.1) is 0 Å². The molecule has 4 aliphatic heterocycles. The first-order valence-corrected chi connectivity index (χ1v) is 9.70. The van der Waals surface area contributed by atoms with E-state index in [-0.39, 0.29) is 12.4 Å². The topological polar surface area (TPSA) is 36.9 Å². The normalized spacial score (nSPS) is 55.3. The van der Waals surface area contributed by atoms with Gasteiger partial charge in [-0.1, -0.05) is 33.6 Å². The van der Waals surface area contributed by atoms with Crippen molar-refractivity contribution >= 4 is 0 Å². The summed E-state index contributed by atoms with van der Waals surface area (Å²) >= 11 is 0. The highest BCUT2D eigenvalue weighted by Gasteiger charge is 2.69. The molecule has 4 heterocycles. The molecule has 0 radical (unpaired) electrons. The van der Waals surface area contributed by atoms with Gasteiger partial charge in [-0.25, -0.2) is 9.78 Å². The molecule has 132 valence electrons. The average molecular weight is 324 g/mol. The Morgan fingerprint density at radius 1 is 1.04 bits per heavy atom. The second-order valence-corrected chi connectivity index (χ2v) is 8.59. The smallest absolute Gasteiger partial charge is 0.201 e. The fourth-order valence-corrected chi connectivity index (χ4v) is 5.71. The van der Waals surface area contributed by atoms with E-state index >= 15 is 0 Å². The van der Waals surface area contributed by atoms with E-state index in [4.69, 9.17) is 19.2 Å². The third kappa shape index (κ3) is 2.32. The van der Waals surface area contributed by atoms with Crippen LogP contribution >= 0.6 is 0 Å². The highest BCUT2D eigenvalue weighted by Crippen LogP contribution is 2.60. The molecule has 0 aromatic heterocycles. The van der Waals surface area contributed by atoms with Crippen LogP contribution in [0.1, 0.15) is 72.6 Å². The summed E-state index contributed by atoms with van der Waals surface area (Å²) in [4.78, 5) is 12.0. The fraction of sp³-hybridized carbons (Fsp3) is 1.00. The summed E-state index contributed by atoms with van der Waals surface area (Å²) in [6.07, 6.45) is 8.07. The van der Waals surface area contributed by atoms with E-state index in [1.54, 1.807) is 0 Å². The zero-order valence-corrected chi connectivity index (χ0v) is 15.0. The van der Waals surface area contributed by atoms with Crippen molar-refractivity contribution in [3.8, 4) is 0 Å². The number of unbranched alkanes of at least 4 members (excludes halogenated alkanes) is 1. The van der Waals surface area contributed by atoms with E-state index in [9.17, 15) is 0 Å². The first-order chi connectivity index (χ1) is 11.0. The zero-order chi connectivity index (χ0) is 16.2. The Morgan fingerprint density at radius 2 is 1.87 bits per heavy atom. The van der Waals surface area contributed by atoms with Crippen LogP contribution in [-0.2, 0) is 19.2 Å².